The van der Waals surface area contributed by atoms with Gasteiger partial charge in [0.1, 0.15) is 0 Å². The predicted molar refractivity (Wildman–Crippen MR) is 71.8 cm³/mol. The first-order valence-corrected chi connectivity index (χ1v) is 6.23. The first-order valence-electron chi connectivity index (χ1n) is 6.23. The molecule has 0 saturated carbocycles. The molecular formula is C15H17NO3. The van der Waals surface area contributed by atoms with E-state index in [1.807, 2.05) is 37.3 Å². The molecule has 0 saturated heterocycles. The number of hydrogen-bond acceptors (Lipinski definition) is 3. The number of hydrogen-bond donors (Lipinski definition) is 2. The third-order valence-corrected chi connectivity index (χ3v) is 2.99. The molecule has 4 heteroatoms. The highest BCUT2D eigenvalue weighted by Crippen LogP contribution is 2.18. The molecule has 0 aliphatic carbocycles. The van der Waals surface area contributed by atoms with Crippen molar-refractivity contribution >= 4 is 5.91 Å². The molecule has 100 valence electrons. The van der Waals surface area contributed by atoms with Crippen molar-refractivity contribution < 1.29 is 14.3 Å². The lowest BCUT2D eigenvalue weighted by Gasteiger charge is -2.17. The molecule has 0 aliphatic heterocycles. The van der Waals surface area contributed by atoms with E-state index in [1.54, 1.807) is 6.07 Å². The number of aryl methyl sites for hydroxylation is 1. The number of benzene rings is 1. The largest absolute Gasteiger partial charge is 0.459 e. The molecule has 2 aromatic rings. The van der Waals surface area contributed by atoms with E-state index < -0.39 is 0 Å². The number of aliphatic hydroxyl groups excluding tert-OH is 1. The van der Waals surface area contributed by atoms with E-state index in [1.165, 1.54) is 6.26 Å². The average Bonchev–Trinajstić information content (AvgIpc) is 2.85. The first kappa shape index (κ1) is 13.4. The second kappa shape index (κ2) is 6.20. The van der Waals surface area contributed by atoms with Crippen molar-refractivity contribution in [1.82, 2.24) is 5.32 Å². The van der Waals surface area contributed by atoms with Crippen molar-refractivity contribution in [3.05, 3.63) is 59.5 Å². The van der Waals surface area contributed by atoms with Gasteiger partial charge >= 0.3 is 0 Å². The van der Waals surface area contributed by atoms with E-state index >= 15 is 0 Å². The number of carbonyl (C=O) groups excluding carboxylic acids is 1. The van der Waals surface area contributed by atoms with E-state index in [0.717, 1.165) is 11.1 Å². The maximum atomic E-state index is 12.1. The Morgan fingerprint density at radius 2 is 2.05 bits per heavy atom. The van der Waals surface area contributed by atoms with Gasteiger partial charge in [0.2, 0.25) is 0 Å². The van der Waals surface area contributed by atoms with Crippen LogP contribution in [0.5, 0.6) is 0 Å². The summed E-state index contributed by atoms with van der Waals surface area (Å²) < 4.78 is 5.17. The molecule has 1 atom stereocenters. The van der Waals surface area contributed by atoms with Crippen LogP contribution in [-0.2, 0) is 0 Å². The van der Waals surface area contributed by atoms with Crippen molar-refractivity contribution in [2.24, 2.45) is 0 Å². The van der Waals surface area contributed by atoms with Crippen LogP contribution in [0.4, 0.5) is 0 Å². The normalized spacial score (nSPS) is 12.1. The van der Waals surface area contributed by atoms with Gasteiger partial charge in [0.15, 0.2) is 5.76 Å². The highest BCUT2D eigenvalue weighted by Gasteiger charge is 2.18. The van der Waals surface area contributed by atoms with E-state index in [2.05, 4.69) is 5.32 Å². The van der Waals surface area contributed by atoms with Gasteiger partial charge in [-0.25, -0.2) is 0 Å². The molecule has 1 aromatic heterocycles. The smallest absolute Gasteiger partial charge is 0.287 e. The number of nitrogens with one attached hydrogen (secondary N) is 1. The van der Waals surface area contributed by atoms with Crippen LogP contribution in [0, 0.1) is 6.92 Å². The van der Waals surface area contributed by atoms with Crippen LogP contribution in [0.25, 0.3) is 0 Å². The fourth-order valence-corrected chi connectivity index (χ4v) is 1.97. The Balaban J connectivity index is 2.14. The minimum absolute atomic E-state index is 0.0109. The Morgan fingerprint density at radius 3 is 2.63 bits per heavy atom. The molecule has 19 heavy (non-hydrogen) atoms. The Labute approximate surface area is 112 Å². The third kappa shape index (κ3) is 3.23. The van der Waals surface area contributed by atoms with Gasteiger partial charge in [-0.1, -0.05) is 30.3 Å². The van der Waals surface area contributed by atoms with Crippen molar-refractivity contribution in [2.75, 3.05) is 6.61 Å². The topological polar surface area (TPSA) is 62.5 Å². The second-order valence-corrected chi connectivity index (χ2v) is 4.38. The zero-order valence-corrected chi connectivity index (χ0v) is 10.8. The first-order chi connectivity index (χ1) is 9.22. The number of amides is 1. The molecule has 1 amide bonds. The number of aliphatic hydroxyl groups is 1. The van der Waals surface area contributed by atoms with Crippen LogP contribution in [0.15, 0.2) is 47.1 Å². The summed E-state index contributed by atoms with van der Waals surface area (Å²) in [6, 6.07) is 11.1. The number of carbonyl (C=O) groups is 1. The van der Waals surface area contributed by atoms with Gasteiger partial charge in [0.05, 0.1) is 12.3 Å². The molecule has 0 spiro atoms. The quantitative estimate of drug-likeness (QED) is 0.867. The summed E-state index contributed by atoms with van der Waals surface area (Å²) >= 11 is 0. The van der Waals surface area contributed by atoms with Crippen LogP contribution in [0.1, 0.15) is 34.1 Å². The van der Waals surface area contributed by atoms with Crippen LogP contribution in [-0.4, -0.2) is 17.6 Å². The average molecular weight is 259 g/mol. The van der Waals surface area contributed by atoms with Crippen LogP contribution in [0.2, 0.25) is 0 Å². The summed E-state index contributed by atoms with van der Waals surface area (Å²) in [6.45, 7) is 1.83. The Bertz CT molecular complexity index is 533. The number of rotatable bonds is 5. The minimum atomic E-state index is -0.259. The van der Waals surface area contributed by atoms with E-state index in [4.69, 9.17) is 9.52 Å². The van der Waals surface area contributed by atoms with Gasteiger partial charge in [0.25, 0.3) is 5.91 Å². The van der Waals surface area contributed by atoms with E-state index in [9.17, 15) is 4.79 Å². The summed E-state index contributed by atoms with van der Waals surface area (Å²) in [7, 11) is 0. The highest BCUT2D eigenvalue weighted by molar-refractivity contribution is 5.93. The predicted octanol–water partition coefficient (Wildman–Crippen LogP) is 2.44. The Kier molecular flexibility index (Phi) is 4.36. The van der Waals surface area contributed by atoms with Crippen LogP contribution < -0.4 is 5.32 Å². The molecule has 1 aromatic carbocycles. The maximum absolute atomic E-state index is 12.1. The van der Waals surface area contributed by atoms with E-state index in [0.29, 0.717) is 12.2 Å². The summed E-state index contributed by atoms with van der Waals surface area (Å²) in [6.07, 6.45) is 1.96. The lowest BCUT2D eigenvalue weighted by molar-refractivity contribution is 0.0901. The Hall–Kier alpha value is -2.07. The minimum Gasteiger partial charge on any atom is -0.459 e. The summed E-state index contributed by atoms with van der Waals surface area (Å²) in [4.78, 5) is 12.1. The zero-order valence-electron chi connectivity index (χ0n) is 10.8. The van der Waals surface area contributed by atoms with Gasteiger partial charge in [-0.05, 0) is 25.0 Å². The molecule has 0 aliphatic rings. The van der Waals surface area contributed by atoms with Crippen molar-refractivity contribution in [3.8, 4) is 0 Å². The van der Waals surface area contributed by atoms with Gasteiger partial charge < -0.3 is 14.8 Å². The van der Waals surface area contributed by atoms with Crippen molar-refractivity contribution in [1.29, 1.82) is 0 Å². The third-order valence-electron chi connectivity index (χ3n) is 2.99. The van der Waals surface area contributed by atoms with Gasteiger partial charge in [-0.2, -0.15) is 0 Å². The van der Waals surface area contributed by atoms with Crippen LogP contribution >= 0.6 is 0 Å². The molecule has 1 heterocycles. The van der Waals surface area contributed by atoms with E-state index in [-0.39, 0.29) is 18.6 Å². The van der Waals surface area contributed by atoms with Gasteiger partial charge in [-0.15, -0.1) is 0 Å². The second-order valence-electron chi connectivity index (χ2n) is 4.38. The molecule has 2 N–H and O–H groups in total. The standard InChI is InChI=1S/C15H17NO3/c1-11-8-10-19-14(11)15(18)16-13(7-9-17)12-5-3-2-4-6-12/h2-6,8,10,13,17H,7,9H2,1H3,(H,16,18). The van der Waals surface area contributed by atoms with Gasteiger partial charge in [-0.3, -0.25) is 4.79 Å². The molecule has 4 nitrogen and oxygen atoms in total. The zero-order chi connectivity index (χ0) is 13.7. The van der Waals surface area contributed by atoms with Crippen molar-refractivity contribution in [3.63, 3.8) is 0 Å². The fourth-order valence-electron chi connectivity index (χ4n) is 1.97. The Morgan fingerprint density at radius 1 is 1.32 bits per heavy atom. The van der Waals surface area contributed by atoms with Gasteiger partial charge in [0, 0.05) is 12.2 Å². The van der Waals surface area contributed by atoms with Crippen LogP contribution in [0.3, 0.4) is 0 Å². The molecule has 0 radical (unpaired) electrons. The SMILES string of the molecule is Cc1ccoc1C(=O)NC(CCO)c1ccccc1. The molecule has 2 rings (SSSR count). The summed E-state index contributed by atoms with van der Waals surface area (Å²) in [5, 5.41) is 12.0. The molecule has 0 bridgehead atoms. The van der Waals surface area contributed by atoms with Crippen molar-refractivity contribution in [2.45, 2.75) is 19.4 Å². The molecule has 1 unspecified atom stereocenters. The molecule has 0 fully saturated rings. The molecular weight excluding hydrogens is 242 g/mol. The summed E-state index contributed by atoms with van der Waals surface area (Å²) in [5.74, 6) is 0.0590. The number of furan rings is 1. The lowest BCUT2D eigenvalue weighted by Crippen LogP contribution is -2.29. The monoisotopic (exact) mass is 259 g/mol. The maximum Gasteiger partial charge on any atom is 0.287 e. The fraction of sp³-hybridized carbons (Fsp3) is 0.267. The summed E-state index contributed by atoms with van der Waals surface area (Å²) in [5.41, 5.74) is 1.77. The highest BCUT2D eigenvalue weighted by atomic mass is 16.3. The lowest BCUT2D eigenvalue weighted by atomic mass is 10.0.